The van der Waals surface area contributed by atoms with Gasteiger partial charge >= 0.3 is 0 Å². The summed E-state index contributed by atoms with van der Waals surface area (Å²) in [5.74, 6) is -0.697. The van der Waals surface area contributed by atoms with Gasteiger partial charge in [-0.05, 0) is 25.1 Å². The van der Waals surface area contributed by atoms with Crippen molar-refractivity contribution in [2.45, 2.75) is 13.3 Å². The highest BCUT2D eigenvalue weighted by molar-refractivity contribution is 5.96. The van der Waals surface area contributed by atoms with Crippen molar-refractivity contribution in [2.75, 3.05) is 0 Å². The zero-order valence-corrected chi connectivity index (χ0v) is 6.92. The predicted octanol–water partition coefficient (Wildman–Crippen LogP) is 2.53. The Hall–Kier alpha value is -1.45. The van der Waals surface area contributed by atoms with Crippen LogP contribution in [-0.2, 0) is 0 Å². The Morgan fingerprint density at radius 2 is 2.08 bits per heavy atom. The third-order valence-electron chi connectivity index (χ3n) is 1.65. The molecule has 0 spiro atoms. The molecule has 4 heteroatoms. The molecule has 0 radical (unpaired) electrons. The van der Waals surface area contributed by atoms with Gasteiger partial charge in [0, 0.05) is 5.56 Å². The van der Waals surface area contributed by atoms with Crippen LogP contribution >= 0.6 is 0 Å². The van der Waals surface area contributed by atoms with E-state index >= 15 is 0 Å². The van der Waals surface area contributed by atoms with Crippen molar-refractivity contribution in [3.05, 3.63) is 29.3 Å². The summed E-state index contributed by atoms with van der Waals surface area (Å²) in [6, 6.07) is 3.19. The van der Waals surface area contributed by atoms with E-state index in [0.29, 0.717) is 0 Å². The summed E-state index contributed by atoms with van der Waals surface area (Å²) in [4.78, 5) is 10.8. The molecule has 0 bridgehead atoms. The van der Waals surface area contributed by atoms with Crippen LogP contribution in [-0.4, -0.2) is 10.9 Å². The quantitative estimate of drug-likeness (QED) is 0.720. The molecule has 0 amide bonds. The van der Waals surface area contributed by atoms with Crippen LogP contribution in [0.1, 0.15) is 29.3 Å². The van der Waals surface area contributed by atoms with Crippen LogP contribution in [0.4, 0.5) is 8.78 Å². The maximum Gasteiger partial charge on any atom is 0.263 e. The molecular weight excluding hydrogens is 178 g/mol. The monoisotopic (exact) mass is 186 g/mol. The van der Waals surface area contributed by atoms with E-state index < -0.39 is 12.2 Å². The normalized spacial score (nSPS) is 10.5. The van der Waals surface area contributed by atoms with Crippen molar-refractivity contribution in [1.82, 2.24) is 0 Å². The minimum atomic E-state index is -2.63. The number of benzene rings is 1. The van der Waals surface area contributed by atoms with Crippen LogP contribution in [0.3, 0.4) is 0 Å². The van der Waals surface area contributed by atoms with Gasteiger partial charge in [-0.25, -0.2) is 8.78 Å². The van der Waals surface area contributed by atoms with E-state index in [0.717, 1.165) is 18.2 Å². The zero-order chi connectivity index (χ0) is 10.0. The minimum Gasteiger partial charge on any atom is -0.507 e. The van der Waals surface area contributed by atoms with Gasteiger partial charge in [0.05, 0.1) is 5.56 Å². The average Bonchev–Trinajstić information content (AvgIpc) is 2.04. The van der Waals surface area contributed by atoms with Gasteiger partial charge in [0.25, 0.3) is 6.43 Å². The Labute approximate surface area is 73.8 Å². The lowest BCUT2D eigenvalue weighted by molar-refractivity contribution is 0.101. The number of alkyl halides is 2. The second kappa shape index (κ2) is 3.51. The molecule has 0 unspecified atom stereocenters. The molecule has 0 aliphatic carbocycles. The van der Waals surface area contributed by atoms with Crippen LogP contribution in [0, 0.1) is 0 Å². The molecule has 1 aromatic rings. The molecule has 0 aromatic heterocycles. The van der Waals surface area contributed by atoms with E-state index in [1.807, 2.05) is 0 Å². The van der Waals surface area contributed by atoms with Gasteiger partial charge in [-0.1, -0.05) is 0 Å². The maximum absolute atomic E-state index is 12.1. The maximum atomic E-state index is 12.1. The van der Waals surface area contributed by atoms with E-state index in [1.165, 1.54) is 6.92 Å². The largest absolute Gasteiger partial charge is 0.507 e. The van der Waals surface area contributed by atoms with Crippen LogP contribution < -0.4 is 0 Å². The van der Waals surface area contributed by atoms with Crippen molar-refractivity contribution >= 4 is 5.78 Å². The number of hydrogen-bond acceptors (Lipinski definition) is 2. The summed E-state index contributed by atoms with van der Waals surface area (Å²) in [6.45, 7) is 1.21. The van der Waals surface area contributed by atoms with Gasteiger partial charge in [0.15, 0.2) is 5.78 Å². The molecule has 0 heterocycles. The molecule has 13 heavy (non-hydrogen) atoms. The number of halogens is 2. The topological polar surface area (TPSA) is 37.3 Å². The fourth-order valence-electron chi connectivity index (χ4n) is 0.971. The number of phenols is 1. The second-order valence-electron chi connectivity index (χ2n) is 2.63. The average molecular weight is 186 g/mol. The number of carbonyl (C=O) groups excluding carboxylic acids is 1. The third-order valence-corrected chi connectivity index (χ3v) is 1.65. The molecule has 1 N–H and O–H groups in total. The molecule has 2 nitrogen and oxygen atoms in total. The fraction of sp³-hybridized carbons (Fsp3) is 0.222. The van der Waals surface area contributed by atoms with Crippen LogP contribution in [0.5, 0.6) is 5.75 Å². The van der Waals surface area contributed by atoms with Crippen LogP contribution in [0.25, 0.3) is 0 Å². The van der Waals surface area contributed by atoms with Crippen molar-refractivity contribution < 1.29 is 18.7 Å². The number of hydrogen-bond donors (Lipinski definition) is 1. The fourth-order valence-corrected chi connectivity index (χ4v) is 0.971. The highest BCUT2D eigenvalue weighted by atomic mass is 19.3. The second-order valence-corrected chi connectivity index (χ2v) is 2.63. The summed E-state index contributed by atoms with van der Waals surface area (Å²) in [6.07, 6.45) is -2.63. The molecule has 0 saturated heterocycles. The van der Waals surface area contributed by atoms with Gasteiger partial charge in [-0.2, -0.15) is 0 Å². The van der Waals surface area contributed by atoms with Gasteiger partial charge in [-0.15, -0.1) is 0 Å². The zero-order valence-electron chi connectivity index (χ0n) is 6.92. The van der Waals surface area contributed by atoms with E-state index in [2.05, 4.69) is 0 Å². The standard InChI is InChI=1S/C9H8F2O2/c1-5(12)7-4-6(9(10)11)2-3-8(7)13/h2-4,9,13H,1H3. The molecule has 0 fully saturated rings. The van der Waals surface area contributed by atoms with Gasteiger partial charge in [-0.3, -0.25) is 4.79 Å². The molecule has 0 aliphatic heterocycles. The highest BCUT2D eigenvalue weighted by Gasteiger charge is 2.12. The Morgan fingerprint density at radius 3 is 2.54 bits per heavy atom. The first-order chi connectivity index (χ1) is 6.02. The van der Waals surface area contributed by atoms with Crippen molar-refractivity contribution in [3.63, 3.8) is 0 Å². The molecule has 0 saturated carbocycles. The number of ketones is 1. The van der Waals surface area contributed by atoms with E-state index in [-0.39, 0.29) is 16.9 Å². The van der Waals surface area contributed by atoms with E-state index in [9.17, 15) is 13.6 Å². The first-order valence-electron chi connectivity index (χ1n) is 3.64. The Morgan fingerprint density at radius 1 is 1.46 bits per heavy atom. The smallest absolute Gasteiger partial charge is 0.263 e. The van der Waals surface area contributed by atoms with Crippen molar-refractivity contribution in [1.29, 1.82) is 0 Å². The molecule has 1 aromatic carbocycles. The number of aromatic hydroxyl groups is 1. The lowest BCUT2D eigenvalue weighted by Gasteiger charge is -2.03. The predicted molar refractivity (Wildman–Crippen MR) is 43.1 cm³/mol. The molecule has 0 atom stereocenters. The van der Waals surface area contributed by atoms with Gasteiger partial charge in [0.1, 0.15) is 5.75 Å². The Kier molecular flexibility index (Phi) is 2.60. The molecule has 70 valence electrons. The summed E-state index contributed by atoms with van der Waals surface area (Å²) in [5.41, 5.74) is -0.333. The third kappa shape index (κ3) is 2.02. The van der Waals surface area contributed by atoms with Gasteiger partial charge in [0.2, 0.25) is 0 Å². The Balaban J connectivity index is 3.19. The van der Waals surface area contributed by atoms with E-state index in [1.54, 1.807) is 0 Å². The SMILES string of the molecule is CC(=O)c1cc(C(F)F)ccc1O. The minimum absolute atomic E-state index is 0.0715. The molecular formula is C9H8F2O2. The van der Waals surface area contributed by atoms with Gasteiger partial charge < -0.3 is 5.11 Å². The first-order valence-corrected chi connectivity index (χ1v) is 3.64. The number of phenolic OH excluding ortho intramolecular Hbond substituents is 1. The molecule has 1 rings (SSSR count). The summed E-state index contributed by atoms with van der Waals surface area (Å²) in [5, 5.41) is 9.12. The number of Topliss-reactive ketones (excluding diaryl/α,β-unsaturated/α-hetero) is 1. The summed E-state index contributed by atoms with van der Waals surface area (Å²) >= 11 is 0. The highest BCUT2D eigenvalue weighted by Crippen LogP contribution is 2.25. The molecule has 0 aliphatic rings. The Bertz CT molecular complexity index is 334. The van der Waals surface area contributed by atoms with Crippen molar-refractivity contribution in [3.8, 4) is 5.75 Å². The first kappa shape index (κ1) is 9.64. The number of carbonyl (C=O) groups is 1. The van der Waals surface area contributed by atoms with Crippen LogP contribution in [0.2, 0.25) is 0 Å². The van der Waals surface area contributed by atoms with Crippen molar-refractivity contribution in [2.24, 2.45) is 0 Å². The van der Waals surface area contributed by atoms with E-state index in [4.69, 9.17) is 5.11 Å². The number of rotatable bonds is 2. The summed E-state index contributed by atoms with van der Waals surface area (Å²) in [7, 11) is 0. The lowest BCUT2D eigenvalue weighted by Crippen LogP contribution is -1.95. The van der Waals surface area contributed by atoms with Crippen LogP contribution in [0.15, 0.2) is 18.2 Å². The summed E-state index contributed by atoms with van der Waals surface area (Å²) < 4.78 is 24.3. The lowest BCUT2D eigenvalue weighted by atomic mass is 10.1.